The van der Waals surface area contributed by atoms with E-state index >= 15 is 0 Å². The lowest BCUT2D eigenvalue weighted by molar-refractivity contribution is -0.352. The van der Waals surface area contributed by atoms with Crippen molar-refractivity contribution in [3.05, 3.63) is 29.8 Å². The molecular formula is C53H84N12O25. The summed E-state index contributed by atoms with van der Waals surface area (Å²) in [6, 6.07) is -6.67. The van der Waals surface area contributed by atoms with Gasteiger partial charge in [0, 0.05) is 6.42 Å². The van der Waals surface area contributed by atoms with E-state index in [1.807, 2.05) is 0 Å². The number of aliphatic hydroxyl groups excluding tert-OH is 14. The number of ether oxygens (including phenoxy) is 5. The number of guanidine groups is 2. The predicted molar refractivity (Wildman–Crippen MR) is 302 cm³/mol. The number of aldehydes is 1. The first-order chi connectivity index (χ1) is 42.8. The summed E-state index contributed by atoms with van der Waals surface area (Å²) in [5, 5.41) is 164. The lowest BCUT2D eigenvalue weighted by Crippen LogP contribution is -2.70. The van der Waals surface area contributed by atoms with Crippen LogP contribution in [0.3, 0.4) is 0 Å². The minimum Gasteiger partial charge on any atom is -0.462 e. The lowest BCUT2D eigenvalue weighted by atomic mass is 9.85. The average molecular weight is 1290 g/mol. The zero-order valence-electron chi connectivity index (χ0n) is 48.5. The van der Waals surface area contributed by atoms with Crippen LogP contribution in [0.25, 0.3) is 0 Å². The van der Waals surface area contributed by atoms with Crippen molar-refractivity contribution < 1.29 is 124 Å². The van der Waals surface area contributed by atoms with Crippen molar-refractivity contribution in [2.24, 2.45) is 33.1 Å². The molecule has 1 aliphatic carbocycles. The Bertz CT molecular complexity index is 2630. The van der Waals surface area contributed by atoms with Crippen molar-refractivity contribution in [2.75, 3.05) is 46.1 Å². The van der Waals surface area contributed by atoms with E-state index in [9.17, 15) is 100 Å². The van der Waals surface area contributed by atoms with E-state index in [0.29, 0.717) is 6.29 Å². The first-order valence-corrected chi connectivity index (χ1v) is 29.3. The Hall–Kier alpha value is -6.18. The van der Waals surface area contributed by atoms with Gasteiger partial charge in [-0.05, 0) is 30.0 Å². The van der Waals surface area contributed by atoms with E-state index in [1.54, 1.807) is 0 Å². The number of amides is 5. The van der Waals surface area contributed by atoms with Gasteiger partial charge in [0.2, 0.25) is 35.8 Å². The molecule has 3 saturated heterocycles. The maximum absolute atomic E-state index is 15.0. The second kappa shape index (κ2) is 32.4. The van der Waals surface area contributed by atoms with Crippen LogP contribution in [0.5, 0.6) is 5.75 Å². The zero-order chi connectivity index (χ0) is 65.8. The van der Waals surface area contributed by atoms with Crippen molar-refractivity contribution in [3.8, 4) is 5.75 Å². The van der Waals surface area contributed by atoms with Crippen LogP contribution in [0, 0.1) is 5.92 Å². The fourth-order valence-corrected chi connectivity index (χ4v) is 11.5. The third kappa shape index (κ3) is 16.9. The molecule has 506 valence electrons. The van der Waals surface area contributed by atoms with E-state index in [-0.39, 0.29) is 36.2 Å². The van der Waals surface area contributed by atoms with Crippen LogP contribution in [0.2, 0.25) is 0 Å². The third-order valence-electron chi connectivity index (χ3n) is 16.7. The summed E-state index contributed by atoms with van der Waals surface area (Å²) >= 11 is 0. The highest BCUT2D eigenvalue weighted by Crippen LogP contribution is 2.33. The number of nitrogens with zero attached hydrogens (tertiary/aromatic N) is 3. The number of benzene rings is 1. The summed E-state index contributed by atoms with van der Waals surface area (Å²) in [5.41, 5.74) is 18.8. The first kappa shape index (κ1) is 71.3. The smallest absolute Gasteiger partial charge is 0.246 e. The second-order valence-electron chi connectivity index (χ2n) is 22.9. The van der Waals surface area contributed by atoms with Gasteiger partial charge in [-0.3, -0.25) is 34.0 Å². The zero-order valence-corrected chi connectivity index (χ0v) is 48.5. The number of hydrogen-bond acceptors (Lipinski definition) is 32. The number of carbonyl (C=O) groups excluding carboxylic acids is 6. The minimum atomic E-state index is -2.34. The highest BCUT2D eigenvalue weighted by Gasteiger charge is 2.54. The predicted octanol–water partition coefficient (Wildman–Crippen LogP) is -13.4. The molecule has 0 spiro atoms. The normalized spacial score (nSPS) is 33.7. The molecule has 6 aliphatic rings. The number of carbonyl (C=O) groups is 6. The largest absolute Gasteiger partial charge is 0.462 e. The Kier molecular flexibility index (Phi) is 25.7. The molecular weight excluding hydrogens is 1200 g/mol. The summed E-state index contributed by atoms with van der Waals surface area (Å²) in [5.74, 6) is -6.61. The van der Waals surface area contributed by atoms with Gasteiger partial charge in [0.1, 0.15) is 122 Å². The Morgan fingerprint density at radius 1 is 0.656 bits per heavy atom. The molecule has 37 nitrogen and oxygen atoms in total. The number of rotatable bonds is 28. The van der Waals surface area contributed by atoms with E-state index in [2.05, 4.69) is 41.9 Å². The molecule has 4 unspecified atom stereocenters. The van der Waals surface area contributed by atoms with Gasteiger partial charge in [0.05, 0.1) is 64.2 Å². The maximum Gasteiger partial charge on any atom is 0.246 e. The molecule has 5 heterocycles. The topological polar surface area (TPSA) is 610 Å². The summed E-state index contributed by atoms with van der Waals surface area (Å²) in [4.78, 5) is 91.4. The summed E-state index contributed by atoms with van der Waals surface area (Å²) < 4.78 is 28.2. The minimum absolute atomic E-state index is 0.0409. The van der Waals surface area contributed by atoms with Crippen molar-refractivity contribution in [2.45, 2.75) is 192 Å². The number of aliphatic imine (C=N–C) groups is 2. The Balaban J connectivity index is 1.15. The molecule has 90 heavy (non-hydrogen) atoms. The van der Waals surface area contributed by atoms with Gasteiger partial charge in [-0.1, -0.05) is 44.2 Å². The van der Waals surface area contributed by atoms with E-state index in [0.717, 1.165) is 37.0 Å². The highest BCUT2D eigenvalue weighted by molar-refractivity contribution is 5.97. The highest BCUT2D eigenvalue weighted by atomic mass is 16.7. The molecule has 1 aromatic rings. The van der Waals surface area contributed by atoms with Crippen LogP contribution in [-0.2, 0) is 54.1 Å². The molecule has 24 atom stereocenters. The van der Waals surface area contributed by atoms with Crippen molar-refractivity contribution >= 4 is 47.7 Å². The van der Waals surface area contributed by atoms with E-state index in [4.69, 9.17) is 40.9 Å². The van der Waals surface area contributed by atoms with Crippen LogP contribution < -0.4 is 53.8 Å². The molecule has 1 aromatic carbocycles. The average Bonchev–Trinajstić information content (AvgIpc) is 1.43. The molecule has 37 heteroatoms. The van der Waals surface area contributed by atoms with Crippen molar-refractivity contribution in [3.63, 3.8) is 0 Å². The monoisotopic (exact) mass is 1290 g/mol. The van der Waals surface area contributed by atoms with Crippen LogP contribution in [0.1, 0.15) is 44.1 Å². The van der Waals surface area contributed by atoms with E-state index < -0.39 is 228 Å². The Labute approximate surface area is 513 Å². The van der Waals surface area contributed by atoms with E-state index in [1.165, 1.54) is 24.3 Å². The van der Waals surface area contributed by atoms with Gasteiger partial charge in [0.15, 0.2) is 24.4 Å². The Morgan fingerprint density at radius 2 is 1.23 bits per heavy atom. The number of aliphatic hydroxyl groups is 14. The van der Waals surface area contributed by atoms with Gasteiger partial charge in [-0.2, -0.15) is 0 Å². The molecule has 1 saturated carbocycles. The van der Waals surface area contributed by atoms with Gasteiger partial charge in [-0.15, -0.1) is 0 Å². The summed E-state index contributed by atoms with van der Waals surface area (Å²) in [6.45, 7) is -5.12. The maximum atomic E-state index is 15.0. The molecule has 4 fully saturated rings. The number of nitrogens with two attached hydrogens (primary N) is 3. The fourth-order valence-electron chi connectivity index (χ4n) is 11.5. The summed E-state index contributed by atoms with van der Waals surface area (Å²) in [7, 11) is 0. The van der Waals surface area contributed by atoms with Gasteiger partial charge in [-0.25, -0.2) is 0 Å². The van der Waals surface area contributed by atoms with Crippen LogP contribution >= 0.6 is 0 Å². The fraction of sp³-hybridized carbons (Fsp3) is 0.736. The van der Waals surface area contributed by atoms with Crippen LogP contribution in [0.4, 0.5) is 0 Å². The first-order valence-electron chi connectivity index (χ1n) is 29.3. The SMILES string of the molecule is NC1=NCC(C(O)[C@H](NC(=O)[C@@H](Cc2ccc(O[C@H]3O[C@H](CO)[C@@H](O[C@H]4O[C@H](CO)[C@@H](O)[C@H](O)[C@@H]4O)[C@H](O)[C@@H]3O)cc2)NC(=O)[C@@H](N)CC2CCCCC2)C(=O)N[C@@H](C(=O)N[C@@H](CO)C(=O)NCC=O)C(O)C2CN=C(N)N2[C@H]2O[C@H](CO)[C@@H](O)[C@H](O)[C@@H]2O)N1. The molecule has 5 aliphatic heterocycles. The van der Waals surface area contributed by atoms with Crippen molar-refractivity contribution in [1.29, 1.82) is 0 Å². The van der Waals surface area contributed by atoms with Crippen molar-refractivity contribution in [1.82, 2.24) is 36.8 Å². The molecule has 0 aromatic heterocycles. The Morgan fingerprint density at radius 3 is 1.84 bits per heavy atom. The molecule has 5 amide bonds. The quantitative estimate of drug-likeness (QED) is 0.0346. The van der Waals surface area contributed by atoms with Gasteiger partial charge in [0.25, 0.3) is 0 Å². The summed E-state index contributed by atoms with van der Waals surface area (Å²) in [6.07, 6.45) is -26.4. The molecule has 26 N–H and O–H groups in total. The standard InChI is InChI=1S/C53H84N12O25/c54-23(12-20-4-2-1-3-5-20)44(81)60-24(13-21-6-8-22(9-7-21)86-50-42(80)39(77)43(30(19-70)89-50)90-51-41(79)38(76)36(74)29(18-69)88-51)46(83)63-31(33(71)25-14-58-52(55)62-25)48(85)64-32(47(84)61-26(16-67)45(82)57-10-11-66)34(72)27-15-59-53(56)65(27)49-40(78)37(75)35(73)28(17-68)87-49/h6-9,11,20,23-43,49-51,67-80H,1-5,10,12-19,54H2,(H2,56,59)(H,57,82)(H,60,81)(H,61,84)(H,63,83)(H,64,85)(H3,55,58,62)/t23-,24+,25?,26-,27?,28+,29+,30+,31-,32+,33?,34?,35+,36+,37-,38-,39+,40-,41-,42-,43+,49-,50-,51+/m0/s1. The molecule has 7 rings (SSSR count). The third-order valence-corrected chi connectivity index (χ3v) is 16.7. The second-order valence-corrected chi connectivity index (χ2v) is 22.9. The molecule has 0 bridgehead atoms. The van der Waals surface area contributed by atoms with Gasteiger partial charge >= 0.3 is 0 Å². The molecule has 0 radical (unpaired) electrons. The number of nitrogens with one attached hydrogen (secondary N) is 6. The lowest BCUT2D eigenvalue weighted by Gasteiger charge is -2.46. The van der Waals surface area contributed by atoms with Crippen LogP contribution in [0.15, 0.2) is 34.3 Å². The van der Waals surface area contributed by atoms with Gasteiger partial charge < -0.3 is 154 Å². The van der Waals surface area contributed by atoms with Crippen LogP contribution in [-0.4, -0.2) is 317 Å². The number of hydrogen-bond donors (Lipinski definition) is 23.